The number of nitrogens with zero attached hydrogens (tertiary/aromatic N) is 1. The normalized spacial score (nSPS) is 20.2. The molecule has 0 aliphatic heterocycles. The van der Waals surface area contributed by atoms with Gasteiger partial charge in [0.15, 0.2) is 11.6 Å². The Morgan fingerprint density at radius 2 is 2.47 bits per heavy atom. The highest BCUT2D eigenvalue weighted by Gasteiger charge is 2.20. The predicted octanol–water partition coefficient (Wildman–Crippen LogP) is 1.49. The van der Waals surface area contributed by atoms with Crippen molar-refractivity contribution < 1.29 is 4.42 Å². The molecule has 1 unspecified atom stereocenters. The van der Waals surface area contributed by atoms with Crippen LogP contribution in [0.5, 0.6) is 0 Å². The topological polar surface area (TPSA) is 67.8 Å². The van der Waals surface area contributed by atoms with E-state index in [4.69, 9.17) is 10.2 Å². The van der Waals surface area contributed by atoms with Gasteiger partial charge < -0.3 is 15.1 Å². The lowest BCUT2D eigenvalue weighted by Gasteiger charge is -2.15. The molecular formula is C11H13N3O. The fraction of sp³-hybridized carbons (Fsp3) is 0.364. The smallest absolute Gasteiger partial charge is 0.173 e. The molecule has 78 valence electrons. The van der Waals surface area contributed by atoms with Gasteiger partial charge in [0.1, 0.15) is 0 Å². The molecule has 4 heteroatoms. The van der Waals surface area contributed by atoms with Crippen LogP contribution >= 0.6 is 0 Å². The minimum atomic E-state index is 0.266. The second kappa shape index (κ2) is 3.24. The van der Waals surface area contributed by atoms with E-state index in [0.29, 0.717) is 0 Å². The predicted molar refractivity (Wildman–Crippen MR) is 56.3 cm³/mol. The Morgan fingerprint density at radius 3 is 3.27 bits per heavy atom. The molecule has 0 bridgehead atoms. The number of hydrogen-bond acceptors (Lipinski definition) is 3. The summed E-state index contributed by atoms with van der Waals surface area (Å²) in [6, 6.07) is 4.04. The third-order valence-corrected chi connectivity index (χ3v) is 2.84. The Balaban J connectivity index is 2.00. The molecule has 4 nitrogen and oxygen atoms in total. The quantitative estimate of drug-likeness (QED) is 0.737. The second-order valence-electron chi connectivity index (χ2n) is 3.99. The Morgan fingerprint density at radius 1 is 1.53 bits per heavy atom. The van der Waals surface area contributed by atoms with Crippen molar-refractivity contribution in [1.82, 2.24) is 9.97 Å². The van der Waals surface area contributed by atoms with Crippen molar-refractivity contribution in [2.45, 2.75) is 25.3 Å². The Labute approximate surface area is 87.5 Å². The molecule has 0 spiro atoms. The van der Waals surface area contributed by atoms with E-state index in [-0.39, 0.29) is 6.04 Å². The van der Waals surface area contributed by atoms with Crippen molar-refractivity contribution in [3.8, 4) is 11.6 Å². The van der Waals surface area contributed by atoms with E-state index >= 15 is 0 Å². The summed E-state index contributed by atoms with van der Waals surface area (Å²) in [6.07, 6.45) is 4.54. The lowest BCUT2D eigenvalue weighted by molar-refractivity contribution is 0.565. The van der Waals surface area contributed by atoms with Crippen LogP contribution in [0.1, 0.15) is 17.8 Å². The summed E-state index contributed by atoms with van der Waals surface area (Å²) in [6.45, 7) is 0. The van der Waals surface area contributed by atoms with Gasteiger partial charge in [0.2, 0.25) is 0 Å². The van der Waals surface area contributed by atoms with E-state index in [2.05, 4.69) is 9.97 Å². The molecule has 2 aromatic heterocycles. The fourth-order valence-electron chi connectivity index (χ4n) is 2.04. The summed E-state index contributed by atoms with van der Waals surface area (Å²) in [5.41, 5.74) is 8.21. The van der Waals surface area contributed by atoms with Crippen molar-refractivity contribution in [1.29, 1.82) is 0 Å². The van der Waals surface area contributed by atoms with E-state index < -0.39 is 0 Å². The number of rotatable bonds is 1. The van der Waals surface area contributed by atoms with Crippen LogP contribution in [-0.4, -0.2) is 16.0 Å². The van der Waals surface area contributed by atoms with Gasteiger partial charge in [0.25, 0.3) is 0 Å². The average Bonchev–Trinajstić information content (AvgIpc) is 2.84. The van der Waals surface area contributed by atoms with Gasteiger partial charge >= 0.3 is 0 Å². The lowest BCUT2D eigenvalue weighted by atomic mass is 9.97. The van der Waals surface area contributed by atoms with Crippen molar-refractivity contribution in [3.05, 3.63) is 29.8 Å². The van der Waals surface area contributed by atoms with Crippen LogP contribution in [0.4, 0.5) is 0 Å². The molecule has 3 rings (SSSR count). The fourth-order valence-corrected chi connectivity index (χ4v) is 2.04. The number of nitrogens with two attached hydrogens (primary N) is 1. The number of aromatic nitrogens is 2. The summed E-state index contributed by atoms with van der Waals surface area (Å²) in [7, 11) is 0. The molecule has 0 amide bonds. The molecule has 0 fully saturated rings. The summed E-state index contributed by atoms with van der Waals surface area (Å²) < 4.78 is 5.30. The summed E-state index contributed by atoms with van der Waals surface area (Å²) in [4.78, 5) is 7.80. The first-order valence-corrected chi connectivity index (χ1v) is 5.20. The lowest BCUT2D eigenvalue weighted by Crippen LogP contribution is -2.27. The van der Waals surface area contributed by atoms with Gasteiger partial charge in [-0.05, 0) is 25.0 Å². The largest absolute Gasteiger partial charge is 0.461 e. The SMILES string of the molecule is NC1CCc2nc(-c3ccco3)[nH]c2C1. The van der Waals surface area contributed by atoms with Crippen molar-refractivity contribution >= 4 is 0 Å². The van der Waals surface area contributed by atoms with Crippen LogP contribution in [0.25, 0.3) is 11.6 Å². The number of aromatic amines is 1. The van der Waals surface area contributed by atoms with E-state index in [0.717, 1.165) is 36.5 Å². The van der Waals surface area contributed by atoms with Crippen molar-refractivity contribution in [2.24, 2.45) is 5.73 Å². The molecule has 3 N–H and O–H groups in total. The summed E-state index contributed by atoms with van der Waals surface area (Å²) >= 11 is 0. The van der Waals surface area contributed by atoms with Crippen LogP contribution < -0.4 is 5.73 Å². The third-order valence-electron chi connectivity index (χ3n) is 2.84. The first kappa shape index (κ1) is 8.73. The molecule has 1 aliphatic rings. The van der Waals surface area contributed by atoms with Gasteiger partial charge in [-0.15, -0.1) is 0 Å². The molecule has 0 saturated carbocycles. The van der Waals surface area contributed by atoms with Gasteiger partial charge in [0, 0.05) is 18.2 Å². The molecular weight excluding hydrogens is 190 g/mol. The number of imidazole rings is 1. The number of H-pyrrole nitrogens is 1. The van der Waals surface area contributed by atoms with Crippen LogP contribution in [0.2, 0.25) is 0 Å². The van der Waals surface area contributed by atoms with Crippen LogP contribution in [-0.2, 0) is 12.8 Å². The average molecular weight is 203 g/mol. The Kier molecular flexibility index (Phi) is 1.89. The molecule has 0 saturated heterocycles. The molecule has 2 heterocycles. The number of hydrogen-bond donors (Lipinski definition) is 2. The maximum Gasteiger partial charge on any atom is 0.173 e. The van der Waals surface area contributed by atoms with E-state index in [1.165, 1.54) is 5.69 Å². The zero-order valence-electron chi connectivity index (χ0n) is 8.36. The number of aryl methyl sites for hydroxylation is 1. The highest BCUT2D eigenvalue weighted by atomic mass is 16.3. The Hall–Kier alpha value is -1.55. The second-order valence-corrected chi connectivity index (χ2v) is 3.99. The molecule has 1 atom stereocenters. The maximum atomic E-state index is 5.91. The van der Waals surface area contributed by atoms with Crippen molar-refractivity contribution in [2.75, 3.05) is 0 Å². The monoisotopic (exact) mass is 203 g/mol. The zero-order valence-corrected chi connectivity index (χ0v) is 8.36. The van der Waals surface area contributed by atoms with Gasteiger partial charge in [-0.25, -0.2) is 4.98 Å². The summed E-state index contributed by atoms with van der Waals surface area (Å²) in [5, 5.41) is 0. The van der Waals surface area contributed by atoms with E-state index in [9.17, 15) is 0 Å². The number of fused-ring (bicyclic) bond motifs is 1. The first-order valence-electron chi connectivity index (χ1n) is 5.20. The van der Waals surface area contributed by atoms with Crippen molar-refractivity contribution in [3.63, 3.8) is 0 Å². The number of furan rings is 1. The van der Waals surface area contributed by atoms with Gasteiger partial charge in [-0.3, -0.25) is 0 Å². The zero-order chi connectivity index (χ0) is 10.3. The van der Waals surface area contributed by atoms with Crippen LogP contribution in [0.3, 0.4) is 0 Å². The van der Waals surface area contributed by atoms with Crippen LogP contribution in [0, 0.1) is 0 Å². The minimum absolute atomic E-state index is 0.266. The Bertz CT molecular complexity index is 458. The van der Waals surface area contributed by atoms with E-state index in [1.807, 2.05) is 12.1 Å². The number of nitrogens with one attached hydrogen (secondary N) is 1. The standard InChI is InChI=1S/C11H13N3O/c12-7-3-4-8-9(6-7)14-11(13-8)10-2-1-5-15-10/h1-2,5,7H,3-4,6,12H2,(H,13,14). The van der Waals surface area contributed by atoms with Crippen LogP contribution in [0.15, 0.2) is 22.8 Å². The van der Waals surface area contributed by atoms with Gasteiger partial charge in [-0.1, -0.05) is 0 Å². The van der Waals surface area contributed by atoms with Gasteiger partial charge in [0.05, 0.1) is 12.0 Å². The van der Waals surface area contributed by atoms with Gasteiger partial charge in [-0.2, -0.15) is 0 Å². The molecule has 15 heavy (non-hydrogen) atoms. The molecule has 2 aromatic rings. The third kappa shape index (κ3) is 1.47. The highest BCUT2D eigenvalue weighted by Crippen LogP contribution is 2.23. The minimum Gasteiger partial charge on any atom is -0.461 e. The molecule has 1 aliphatic carbocycles. The highest BCUT2D eigenvalue weighted by molar-refractivity contribution is 5.48. The molecule has 0 radical (unpaired) electrons. The summed E-state index contributed by atoms with van der Waals surface area (Å²) in [5.74, 6) is 1.61. The maximum absolute atomic E-state index is 5.91. The van der Waals surface area contributed by atoms with E-state index in [1.54, 1.807) is 6.26 Å². The first-order chi connectivity index (χ1) is 7.33. The molecule has 0 aromatic carbocycles.